The Hall–Kier alpha value is -1.81. The van der Waals surface area contributed by atoms with Gasteiger partial charge in [0.05, 0.1) is 7.11 Å². The number of nitrogens with one attached hydrogen (secondary N) is 1. The Labute approximate surface area is 126 Å². The SMILES string of the molecule is C=CCc1cc(CN2CCC(=O)NC[C@H]2C)ccc1OC. The molecule has 1 saturated heterocycles. The van der Waals surface area contributed by atoms with Crippen molar-refractivity contribution in [3.8, 4) is 5.75 Å². The highest BCUT2D eigenvalue weighted by Crippen LogP contribution is 2.22. The molecule has 0 aromatic heterocycles. The fourth-order valence-corrected chi connectivity index (χ4v) is 2.66. The quantitative estimate of drug-likeness (QED) is 0.844. The maximum Gasteiger partial charge on any atom is 0.221 e. The van der Waals surface area contributed by atoms with Crippen molar-refractivity contribution in [1.29, 1.82) is 0 Å². The molecule has 21 heavy (non-hydrogen) atoms. The lowest BCUT2D eigenvalue weighted by molar-refractivity contribution is -0.120. The molecule has 1 aliphatic heterocycles. The molecule has 4 heteroatoms. The van der Waals surface area contributed by atoms with Crippen LogP contribution in [0.1, 0.15) is 24.5 Å². The zero-order valence-electron chi connectivity index (χ0n) is 12.9. The molecule has 1 atom stereocenters. The number of hydrogen-bond acceptors (Lipinski definition) is 3. The van der Waals surface area contributed by atoms with Gasteiger partial charge in [0.15, 0.2) is 0 Å². The molecule has 114 valence electrons. The molecule has 1 amide bonds. The number of ether oxygens (including phenoxy) is 1. The topological polar surface area (TPSA) is 41.6 Å². The predicted octanol–water partition coefficient (Wildman–Crippen LogP) is 2.13. The normalized spacial score (nSPS) is 19.7. The van der Waals surface area contributed by atoms with E-state index in [4.69, 9.17) is 4.74 Å². The number of benzene rings is 1. The number of carbonyl (C=O) groups excluding carboxylic acids is 1. The van der Waals surface area contributed by atoms with E-state index in [1.165, 1.54) is 5.56 Å². The van der Waals surface area contributed by atoms with E-state index in [0.29, 0.717) is 19.0 Å². The molecule has 4 nitrogen and oxygen atoms in total. The number of carbonyl (C=O) groups is 1. The van der Waals surface area contributed by atoms with E-state index in [0.717, 1.165) is 30.8 Å². The van der Waals surface area contributed by atoms with E-state index in [2.05, 4.69) is 35.9 Å². The summed E-state index contributed by atoms with van der Waals surface area (Å²) in [7, 11) is 1.69. The van der Waals surface area contributed by atoms with Crippen molar-refractivity contribution in [2.75, 3.05) is 20.2 Å². The molecule has 2 rings (SSSR count). The van der Waals surface area contributed by atoms with Crippen LogP contribution in [0.2, 0.25) is 0 Å². The lowest BCUT2D eigenvalue weighted by atomic mass is 10.1. The predicted molar refractivity (Wildman–Crippen MR) is 84.4 cm³/mol. The van der Waals surface area contributed by atoms with Gasteiger partial charge < -0.3 is 10.1 Å². The third-order valence-electron chi connectivity index (χ3n) is 3.94. The second-order valence-corrected chi connectivity index (χ2v) is 5.51. The minimum absolute atomic E-state index is 0.145. The lowest BCUT2D eigenvalue weighted by Crippen LogP contribution is -2.37. The zero-order valence-corrected chi connectivity index (χ0v) is 12.9. The molecule has 0 radical (unpaired) electrons. The van der Waals surface area contributed by atoms with Crippen molar-refractivity contribution in [1.82, 2.24) is 10.2 Å². The Balaban J connectivity index is 2.12. The highest BCUT2D eigenvalue weighted by atomic mass is 16.5. The fourth-order valence-electron chi connectivity index (χ4n) is 2.66. The Bertz CT molecular complexity index is 514. The molecule has 0 bridgehead atoms. The van der Waals surface area contributed by atoms with Crippen LogP contribution in [0, 0.1) is 0 Å². The first-order valence-electron chi connectivity index (χ1n) is 7.41. The molecule has 0 saturated carbocycles. The average molecular weight is 288 g/mol. The molecule has 1 fully saturated rings. The van der Waals surface area contributed by atoms with Crippen LogP contribution in [0.4, 0.5) is 0 Å². The van der Waals surface area contributed by atoms with Gasteiger partial charge in [-0.3, -0.25) is 9.69 Å². The third kappa shape index (κ3) is 4.08. The highest BCUT2D eigenvalue weighted by molar-refractivity contribution is 5.76. The first-order valence-corrected chi connectivity index (χ1v) is 7.41. The Morgan fingerprint density at radius 1 is 1.52 bits per heavy atom. The van der Waals surface area contributed by atoms with Crippen LogP contribution in [0.25, 0.3) is 0 Å². The smallest absolute Gasteiger partial charge is 0.221 e. The minimum atomic E-state index is 0.145. The van der Waals surface area contributed by atoms with Crippen molar-refractivity contribution in [3.63, 3.8) is 0 Å². The zero-order chi connectivity index (χ0) is 15.2. The number of nitrogens with zero attached hydrogens (tertiary/aromatic N) is 1. The van der Waals surface area contributed by atoms with Gasteiger partial charge in [-0.05, 0) is 30.5 Å². The first-order chi connectivity index (χ1) is 10.1. The Morgan fingerprint density at radius 3 is 3.05 bits per heavy atom. The molecule has 0 unspecified atom stereocenters. The van der Waals surface area contributed by atoms with Crippen molar-refractivity contribution >= 4 is 5.91 Å². The Kier molecular flexibility index (Phi) is 5.39. The van der Waals surface area contributed by atoms with Crippen molar-refractivity contribution < 1.29 is 9.53 Å². The summed E-state index contributed by atoms with van der Waals surface area (Å²) in [6, 6.07) is 6.63. The van der Waals surface area contributed by atoms with Crippen LogP contribution in [-0.4, -0.2) is 37.0 Å². The van der Waals surface area contributed by atoms with Crippen LogP contribution in [0.15, 0.2) is 30.9 Å². The van der Waals surface area contributed by atoms with Gasteiger partial charge in [-0.1, -0.05) is 18.2 Å². The highest BCUT2D eigenvalue weighted by Gasteiger charge is 2.20. The molecule has 1 heterocycles. The third-order valence-corrected chi connectivity index (χ3v) is 3.94. The summed E-state index contributed by atoms with van der Waals surface area (Å²) in [5.41, 5.74) is 2.40. The van der Waals surface area contributed by atoms with Crippen molar-refractivity contribution in [3.05, 3.63) is 42.0 Å². The lowest BCUT2D eigenvalue weighted by Gasteiger charge is -2.26. The van der Waals surface area contributed by atoms with Crippen LogP contribution in [-0.2, 0) is 17.8 Å². The van der Waals surface area contributed by atoms with E-state index in [1.807, 2.05) is 12.1 Å². The van der Waals surface area contributed by atoms with Gasteiger partial charge in [-0.15, -0.1) is 6.58 Å². The van der Waals surface area contributed by atoms with Crippen molar-refractivity contribution in [2.45, 2.75) is 32.4 Å². The molecule has 0 spiro atoms. The summed E-state index contributed by atoms with van der Waals surface area (Å²) in [4.78, 5) is 13.8. The molecule has 0 aliphatic carbocycles. The summed E-state index contributed by atoms with van der Waals surface area (Å²) in [6.45, 7) is 8.32. The van der Waals surface area contributed by atoms with E-state index in [1.54, 1.807) is 7.11 Å². The monoisotopic (exact) mass is 288 g/mol. The average Bonchev–Trinajstić information content (AvgIpc) is 2.63. The van der Waals surface area contributed by atoms with E-state index in [9.17, 15) is 4.79 Å². The largest absolute Gasteiger partial charge is 0.496 e. The molecular formula is C17H24N2O2. The summed E-state index contributed by atoms with van der Waals surface area (Å²) in [6.07, 6.45) is 3.26. The molecule has 1 aromatic rings. The summed E-state index contributed by atoms with van der Waals surface area (Å²) >= 11 is 0. The maximum atomic E-state index is 11.5. The second kappa shape index (κ2) is 7.27. The Morgan fingerprint density at radius 2 is 2.33 bits per heavy atom. The van der Waals surface area contributed by atoms with Gasteiger partial charge in [0, 0.05) is 32.1 Å². The standard InChI is InChI=1S/C17H24N2O2/c1-4-5-15-10-14(6-7-16(15)21-3)12-19-9-8-17(20)18-11-13(19)2/h4,6-7,10,13H,1,5,8-9,11-12H2,2-3H3,(H,18,20)/t13-/m1/s1. The number of allylic oxidation sites excluding steroid dienone is 1. The van der Waals surface area contributed by atoms with Crippen LogP contribution in [0.3, 0.4) is 0 Å². The van der Waals surface area contributed by atoms with Gasteiger partial charge >= 0.3 is 0 Å². The number of methoxy groups -OCH3 is 1. The first kappa shape index (κ1) is 15.6. The second-order valence-electron chi connectivity index (χ2n) is 5.51. The maximum absolute atomic E-state index is 11.5. The van der Waals surface area contributed by atoms with Gasteiger partial charge in [-0.2, -0.15) is 0 Å². The minimum Gasteiger partial charge on any atom is -0.496 e. The van der Waals surface area contributed by atoms with Crippen LogP contribution < -0.4 is 10.1 Å². The van der Waals surface area contributed by atoms with Gasteiger partial charge in [0.25, 0.3) is 0 Å². The number of rotatable bonds is 5. The van der Waals surface area contributed by atoms with Gasteiger partial charge in [-0.25, -0.2) is 0 Å². The molecule has 1 aromatic carbocycles. The van der Waals surface area contributed by atoms with Gasteiger partial charge in [0.1, 0.15) is 5.75 Å². The molecule has 1 aliphatic rings. The van der Waals surface area contributed by atoms with Crippen LogP contribution in [0.5, 0.6) is 5.75 Å². The van der Waals surface area contributed by atoms with Crippen LogP contribution >= 0.6 is 0 Å². The summed E-state index contributed by atoms with van der Waals surface area (Å²) in [5, 5.41) is 2.95. The fraction of sp³-hybridized carbons (Fsp3) is 0.471. The summed E-state index contributed by atoms with van der Waals surface area (Å²) < 4.78 is 5.38. The number of amides is 1. The number of hydrogen-bond donors (Lipinski definition) is 1. The van der Waals surface area contributed by atoms with Gasteiger partial charge in [0.2, 0.25) is 5.91 Å². The van der Waals surface area contributed by atoms with E-state index < -0.39 is 0 Å². The molecular weight excluding hydrogens is 264 g/mol. The van der Waals surface area contributed by atoms with E-state index >= 15 is 0 Å². The van der Waals surface area contributed by atoms with Crippen molar-refractivity contribution in [2.24, 2.45) is 0 Å². The summed E-state index contributed by atoms with van der Waals surface area (Å²) in [5.74, 6) is 1.05. The molecule has 1 N–H and O–H groups in total. The van der Waals surface area contributed by atoms with E-state index in [-0.39, 0.29) is 5.91 Å².